The molecule has 2 nitrogen and oxygen atoms in total. The van der Waals surface area contributed by atoms with E-state index < -0.39 is 0 Å². The van der Waals surface area contributed by atoms with Gasteiger partial charge in [-0.05, 0) is 92.5 Å². The van der Waals surface area contributed by atoms with E-state index in [1.54, 1.807) is 22.3 Å². The second kappa shape index (κ2) is 7.98. The maximum Gasteiger partial charge on any atom is 0.0680 e. The highest BCUT2D eigenvalue weighted by atomic mass is 32.2. The van der Waals surface area contributed by atoms with Crippen molar-refractivity contribution in [1.82, 2.24) is 9.80 Å². The smallest absolute Gasteiger partial charge is 0.0680 e. The Kier molecular flexibility index (Phi) is 5.40. The summed E-state index contributed by atoms with van der Waals surface area (Å²) in [6, 6.07) is 9.85. The van der Waals surface area contributed by atoms with E-state index in [1.807, 2.05) is 23.1 Å². The predicted octanol–water partition coefficient (Wildman–Crippen LogP) is 5.69. The molecule has 4 heteroatoms. The molecule has 0 amide bonds. The number of hydrogen-bond donors (Lipinski definition) is 0. The first-order valence-corrected chi connectivity index (χ1v) is 12.5. The SMILES string of the molecule is CN1CCC(=C2c3ccc(C4CCN(C)CC4)cc3CSc3sccc32)CC1. The summed E-state index contributed by atoms with van der Waals surface area (Å²) < 4.78 is 1.51. The molecule has 2 saturated heterocycles. The molecule has 2 aromatic rings. The van der Waals surface area contributed by atoms with Gasteiger partial charge in [0, 0.05) is 24.4 Å². The third-order valence-corrected chi connectivity index (χ3v) is 9.08. The zero-order valence-electron chi connectivity index (χ0n) is 17.0. The molecule has 148 valence electrons. The van der Waals surface area contributed by atoms with Crippen molar-refractivity contribution in [3.05, 3.63) is 57.5 Å². The summed E-state index contributed by atoms with van der Waals surface area (Å²) in [6.45, 7) is 4.84. The van der Waals surface area contributed by atoms with Gasteiger partial charge in [0.1, 0.15) is 0 Å². The van der Waals surface area contributed by atoms with Gasteiger partial charge in [0.25, 0.3) is 0 Å². The monoisotopic (exact) mass is 410 g/mol. The fraction of sp³-hybridized carbons (Fsp3) is 0.500. The van der Waals surface area contributed by atoms with Gasteiger partial charge < -0.3 is 9.80 Å². The Morgan fingerprint density at radius 3 is 2.43 bits per heavy atom. The quantitative estimate of drug-likeness (QED) is 0.596. The molecule has 2 fully saturated rings. The minimum Gasteiger partial charge on any atom is -0.306 e. The summed E-state index contributed by atoms with van der Waals surface area (Å²) in [5, 5.41) is 2.28. The van der Waals surface area contributed by atoms with Crippen LogP contribution in [0.25, 0.3) is 5.57 Å². The van der Waals surface area contributed by atoms with E-state index in [4.69, 9.17) is 0 Å². The molecular formula is C24H30N2S2. The number of rotatable bonds is 1. The van der Waals surface area contributed by atoms with Gasteiger partial charge in [-0.2, -0.15) is 0 Å². The zero-order valence-corrected chi connectivity index (χ0v) is 18.7. The normalized spacial score (nSPS) is 22.1. The number of fused-ring (bicyclic) bond motifs is 2. The van der Waals surface area contributed by atoms with Gasteiger partial charge in [-0.15, -0.1) is 23.1 Å². The van der Waals surface area contributed by atoms with Crippen LogP contribution >= 0.6 is 23.1 Å². The minimum atomic E-state index is 0.739. The Bertz CT molecular complexity index is 880. The molecule has 0 N–H and O–H groups in total. The average Bonchev–Trinajstić information content (AvgIpc) is 3.11. The number of likely N-dealkylation sites (tertiary alicyclic amines) is 2. The van der Waals surface area contributed by atoms with E-state index in [9.17, 15) is 0 Å². The molecular weight excluding hydrogens is 380 g/mol. The molecule has 0 aliphatic carbocycles. The molecule has 1 aromatic carbocycles. The van der Waals surface area contributed by atoms with E-state index in [2.05, 4.69) is 53.5 Å². The lowest BCUT2D eigenvalue weighted by molar-refractivity contribution is 0.255. The molecule has 28 heavy (non-hydrogen) atoms. The third-order valence-electron chi connectivity index (χ3n) is 6.79. The lowest BCUT2D eigenvalue weighted by atomic mass is 9.84. The first-order chi connectivity index (χ1) is 13.7. The van der Waals surface area contributed by atoms with Crippen molar-refractivity contribution in [2.45, 2.75) is 41.6 Å². The number of benzene rings is 1. The molecule has 3 aliphatic heterocycles. The first-order valence-electron chi connectivity index (χ1n) is 10.6. The summed E-state index contributed by atoms with van der Waals surface area (Å²) >= 11 is 3.97. The molecule has 0 bridgehead atoms. The van der Waals surface area contributed by atoms with Gasteiger partial charge in [0.15, 0.2) is 0 Å². The number of piperidine rings is 2. The predicted molar refractivity (Wildman–Crippen MR) is 123 cm³/mol. The lowest BCUT2D eigenvalue weighted by Crippen LogP contribution is -2.29. The Balaban J connectivity index is 1.55. The maximum atomic E-state index is 2.56. The van der Waals surface area contributed by atoms with Gasteiger partial charge in [-0.3, -0.25) is 0 Å². The standard InChI is InChI=1S/C24H30N2S2/c1-25-10-5-17(6-11-25)19-3-4-21-20(15-19)16-28-24-22(9-14-27-24)23(21)18-7-12-26(2)13-8-18/h3-4,9,14-15,17H,5-8,10-13,16H2,1-2H3. The van der Waals surface area contributed by atoms with E-state index in [-0.39, 0.29) is 0 Å². The van der Waals surface area contributed by atoms with Crippen molar-refractivity contribution in [1.29, 1.82) is 0 Å². The van der Waals surface area contributed by atoms with E-state index in [0.29, 0.717) is 0 Å². The van der Waals surface area contributed by atoms with Crippen LogP contribution in [0.1, 0.15) is 53.9 Å². The number of nitrogens with zero attached hydrogens (tertiary/aromatic N) is 2. The van der Waals surface area contributed by atoms with Crippen molar-refractivity contribution >= 4 is 28.7 Å². The lowest BCUT2D eigenvalue weighted by Gasteiger charge is -2.30. The minimum absolute atomic E-state index is 0.739. The van der Waals surface area contributed by atoms with E-state index in [1.165, 1.54) is 67.2 Å². The van der Waals surface area contributed by atoms with Gasteiger partial charge in [-0.25, -0.2) is 0 Å². The Morgan fingerprint density at radius 1 is 0.893 bits per heavy atom. The van der Waals surface area contributed by atoms with Crippen LogP contribution in [-0.2, 0) is 5.75 Å². The van der Waals surface area contributed by atoms with Crippen LogP contribution in [-0.4, -0.2) is 50.1 Å². The van der Waals surface area contributed by atoms with Crippen LogP contribution < -0.4 is 0 Å². The van der Waals surface area contributed by atoms with Gasteiger partial charge in [0.05, 0.1) is 4.21 Å². The molecule has 5 rings (SSSR count). The molecule has 0 saturated carbocycles. The highest BCUT2D eigenvalue weighted by molar-refractivity contribution is 8.00. The molecule has 0 radical (unpaired) electrons. The summed E-state index contributed by atoms with van der Waals surface area (Å²) in [5.74, 6) is 1.85. The van der Waals surface area contributed by atoms with Crippen molar-refractivity contribution in [3.8, 4) is 0 Å². The van der Waals surface area contributed by atoms with Crippen molar-refractivity contribution in [2.24, 2.45) is 0 Å². The highest BCUT2D eigenvalue weighted by Gasteiger charge is 2.26. The first kappa shape index (κ1) is 18.9. The Hall–Kier alpha value is -1.07. The Labute approximate surface area is 177 Å². The van der Waals surface area contributed by atoms with Crippen LogP contribution in [0.4, 0.5) is 0 Å². The van der Waals surface area contributed by atoms with E-state index in [0.717, 1.165) is 11.7 Å². The zero-order chi connectivity index (χ0) is 19.1. The number of hydrogen-bond acceptors (Lipinski definition) is 4. The van der Waals surface area contributed by atoms with Gasteiger partial charge in [-0.1, -0.05) is 23.8 Å². The number of thioether (sulfide) groups is 1. The van der Waals surface area contributed by atoms with Crippen molar-refractivity contribution in [2.75, 3.05) is 40.3 Å². The third kappa shape index (κ3) is 3.60. The van der Waals surface area contributed by atoms with Crippen molar-refractivity contribution in [3.63, 3.8) is 0 Å². The van der Waals surface area contributed by atoms with Crippen LogP contribution in [0.15, 0.2) is 39.4 Å². The second-order valence-corrected chi connectivity index (χ2v) is 10.8. The molecule has 4 heterocycles. The van der Waals surface area contributed by atoms with Crippen LogP contribution in [0.3, 0.4) is 0 Å². The van der Waals surface area contributed by atoms with Crippen LogP contribution in [0, 0.1) is 0 Å². The summed E-state index contributed by atoms with van der Waals surface area (Å²) in [5.41, 5.74) is 9.39. The molecule has 3 aliphatic rings. The number of thiophene rings is 1. The van der Waals surface area contributed by atoms with Crippen LogP contribution in [0.2, 0.25) is 0 Å². The Morgan fingerprint density at radius 2 is 1.64 bits per heavy atom. The fourth-order valence-electron chi connectivity index (χ4n) is 4.97. The topological polar surface area (TPSA) is 6.48 Å². The van der Waals surface area contributed by atoms with Crippen molar-refractivity contribution < 1.29 is 0 Å². The summed E-state index contributed by atoms with van der Waals surface area (Å²) in [7, 11) is 4.50. The molecule has 1 aromatic heterocycles. The fourth-order valence-corrected chi connectivity index (χ4v) is 7.06. The highest BCUT2D eigenvalue weighted by Crippen LogP contribution is 2.46. The van der Waals surface area contributed by atoms with E-state index >= 15 is 0 Å². The molecule has 0 atom stereocenters. The maximum absolute atomic E-state index is 2.56. The average molecular weight is 411 g/mol. The van der Waals surface area contributed by atoms with Gasteiger partial charge >= 0.3 is 0 Å². The largest absolute Gasteiger partial charge is 0.306 e. The summed E-state index contributed by atoms with van der Waals surface area (Å²) in [6.07, 6.45) is 5.02. The summed E-state index contributed by atoms with van der Waals surface area (Å²) in [4.78, 5) is 4.94. The van der Waals surface area contributed by atoms with Crippen LogP contribution in [0.5, 0.6) is 0 Å². The van der Waals surface area contributed by atoms with Gasteiger partial charge in [0.2, 0.25) is 0 Å². The second-order valence-electron chi connectivity index (χ2n) is 8.69. The molecule has 0 spiro atoms. The molecule has 0 unspecified atom stereocenters.